The Morgan fingerprint density at radius 2 is 1.67 bits per heavy atom. The molecule has 0 aliphatic heterocycles. The molecule has 0 fully saturated rings. The molecule has 0 atom stereocenters. The van der Waals surface area contributed by atoms with Crippen LogP contribution in [0.5, 0.6) is 0 Å². The van der Waals surface area contributed by atoms with Crippen molar-refractivity contribution in [3.63, 3.8) is 0 Å². The van der Waals surface area contributed by atoms with Gasteiger partial charge in [-0.05, 0) is 29.7 Å². The third-order valence-corrected chi connectivity index (χ3v) is 4.50. The van der Waals surface area contributed by atoms with Gasteiger partial charge in [-0.15, -0.1) is 11.3 Å². The van der Waals surface area contributed by atoms with E-state index in [1.54, 1.807) is 11.3 Å². The van der Waals surface area contributed by atoms with Gasteiger partial charge in [0.05, 0.1) is 11.6 Å². The third-order valence-electron chi connectivity index (χ3n) is 3.36. The van der Waals surface area contributed by atoms with Crippen LogP contribution in [0.2, 0.25) is 0 Å². The van der Waals surface area contributed by atoms with Crippen molar-refractivity contribution in [3.8, 4) is 11.1 Å². The third kappa shape index (κ3) is 3.50. The summed E-state index contributed by atoms with van der Waals surface area (Å²) in [5, 5.41) is 4.65. The van der Waals surface area contributed by atoms with Crippen molar-refractivity contribution in [2.24, 2.45) is 0 Å². The minimum absolute atomic E-state index is 0.836. The second kappa shape index (κ2) is 6.55. The summed E-state index contributed by atoms with van der Waals surface area (Å²) in [7, 11) is 0. The van der Waals surface area contributed by atoms with Crippen LogP contribution in [0.15, 0.2) is 60.8 Å². The van der Waals surface area contributed by atoms with E-state index in [1.807, 2.05) is 12.3 Å². The van der Waals surface area contributed by atoms with Gasteiger partial charge in [0.25, 0.3) is 0 Å². The molecule has 0 aliphatic rings. The number of nitrogens with one attached hydrogen (secondary N) is 1. The first-order chi connectivity index (χ1) is 10.3. The van der Waals surface area contributed by atoms with Gasteiger partial charge < -0.3 is 5.32 Å². The molecule has 2 aromatic carbocycles. The summed E-state index contributed by atoms with van der Waals surface area (Å²) in [6.45, 7) is 2.97. The zero-order valence-electron chi connectivity index (χ0n) is 12.0. The number of hydrogen-bond acceptors (Lipinski definition) is 3. The molecule has 21 heavy (non-hydrogen) atoms. The number of nitrogens with zero attached hydrogens (tertiary/aromatic N) is 1. The Morgan fingerprint density at radius 3 is 2.33 bits per heavy atom. The highest BCUT2D eigenvalue weighted by Crippen LogP contribution is 2.22. The van der Waals surface area contributed by atoms with E-state index in [4.69, 9.17) is 0 Å². The Labute approximate surface area is 129 Å². The van der Waals surface area contributed by atoms with Gasteiger partial charge in [-0.3, -0.25) is 0 Å². The first-order valence-electron chi connectivity index (χ1n) is 7.18. The maximum Gasteiger partial charge on any atom is 0.0925 e. The topological polar surface area (TPSA) is 24.9 Å². The summed E-state index contributed by atoms with van der Waals surface area (Å²) in [5.41, 5.74) is 3.63. The minimum Gasteiger partial charge on any atom is -0.380 e. The van der Waals surface area contributed by atoms with Crippen LogP contribution in [0.1, 0.15) is 16.8 Å². The summed E-state index contributed by atoms with van der Waals surface area (Å²) >= 11 is 1.78. The Kier molecular flexibility index (Phi) is 4.31. The molecule has 0 saturated carbocycles. The normalized spacial score (nSPS) is 10.5. The zero-order valence-corrected chi connectivity index (χ0v) is 12.9. The second-order valence-corrected chi connectivity index (χ2v) is 6.07. The van der Waals surface area contributed by atoms with E-state index in [0.717, 1.165) is 18.7 Å². The molecule has 1 aromatic heterocycles. The Balaban J connectivity index is 1.64. The predicted octanol–water partition coefficient (Wildman–Crippen LogP) is 4.98. The molecule has 0 radical (unpaired) electrons. The fraction of sp³-hybridized carbons (Fsp3) is 0.167. The maximum atomic E-state index is 4.38. The van der Waals surface area contributed by atoms with Gasteiger partial charge >= 0.3 is 0 Å². The van der Waals surface area contributed by atoms with Crippen LogP contribution in [0.3, 0.4) is 0 Å². The highest BCUT2D eigenvalue weighted by atomic mass is 32.1. The van der Waals surface area contributed by atoms with Crippen molar-refractivity contribution in [2.75, 3.05) is 5.32 Å². The minimum atomic E-state index is 0.836. The molecule has 0 spiro atoms. The van der Waals surface area contributed by atoms with Gasteiger partial charge in [0, 0.05) is 16.8 Å². The fourth-order valence-electron chi connectivity index (χ4n) is 2.19. The summed E-state index contributed by atoms with van der Waals surface area (Å²) in [4.78, 5) is 5.66. The van der Waals surface area contributed by atoms with Crippen molar-refractivity contribution in [3.05, 3.63) is 70.7 Å². The van der Waals surface area contributed by atoms with Gasteiger partial charge in [-0.2, -0.15) is 0 Å². The lowest BCUT2D eigenvalue weighted by molar-refractivity contribution is 1.09. The smallest absolute Gasteiger partial charge is 0.0925 e. The van der Waals surface area contributed by atoms with E-state index < -0.39 is 0 Å². The van der Waals surface area contributed by atoms with E-state index >= 15 is 0 Å². The summed E-state index contributed by atoms with van der Waals surface area (Å²) < 4.78 is 0. The number of aromatic nitrogens is 1. The molecular weight excluding hydrogens is 276 g/mol. The van der Waals surface area contributed by atoms with Crippen LogP contribution >= 0.6 is 11.3 Å². The van der Waals surface area contributed by atoms with E-state index in [-0.39, 0.29) is 0 Å². The van der Waals surface area contributed by atoms with Crippen molar-refractivity contribution in [1.29, 1.82) is 0 Å². The van der Waals surface area contributed by atoms with E-state index in [2.05, 4.69) is 65.8 Å². The van der Waals surface area contributed by atoms with Crippen molar-refractivity contribution in [2.45, 2.75) is 19.9 Å². The van der Waals surface area contributed by atoms with Gasteiger partial charge in [0.1, 0.15) is 0 Å². The second-order valence-electron chi connectivity index (χ2n) is 4.87. The highest BCUT2D eigenvalue weighted by Gasteiger charge is 2.01. The quantitative estimate of drug-likeness (QED) is 0.717. The molecule has 0 bridgehead atoms. The lowest BCUT2D eigenvalue weighted by Crippen LogP contribution is -1.96. The van der Waals surface area contributed by atoms with Gasteiger partial charge in [-0.25, -0.2) is 4.98 Å². The molecule has 1 N–H and O–H groups in total. The molecule has 0 saturated heterocycles. The monoisotopic (exact) mass is 294 g/mol. The van der Waals surface area contributed by atoms with Crippen molar-refractivity contribution < 1.29 is 0 Å². The number of aryl methyl sites for hydroxylation is 1. The molecule has 3 heteroatoms. The zero-order chi connectivity index (χ0) is 14.5. The largest absolute Gasteiger partial charge is 0.380 e. The molecule has 0 unspecified atom stereocenters. The summed E-state index contributed by atoms with van der Waals surface area (Å²) in [6.07, 6.45) is 2.98. The number of rotatable bonds is 5. The van der Waals surface area contributed by atoms with E-state index in [0.29, 0.717) is 0 Å². The molecule has 1 heterocycles. The molecule has 3 rings (SSSR count). The SMILES string of the molecule is CCc1ncc(CNc2ccc(-c3ccccc3)cc2)s1. The first kappa shape index (κ1) is 13.8. The molecular formula is C18H18N2S. The lowest BCUT2D eigenvalue weighted by atomic mass is 10.1. The molecule has 2 nitrogen and oxygen atoms in total. The van der Waals surface area contributed by atoms with Crippen LogP contribution in [0.25, 0.3) is 11.1 Å². The summed E-state index contributed by atoms with van der Waals surface area (Å²) in [5.74, 6) is 0. The molecule has 0 aliphatic carbocycles. The first-order valence-corrected chi connectivity index (χ1v) is 8.00. The van der Waals surface area contributed by atoms with Crippen LogP contribution in [-0.4, -0.2) is 4.98 Å². The van der Waals surface area contributed by atoms with Crippen molar-refractivity contribution >= 4 is 17.0 Å². The lowest BCUT2D eigenvalue weighted by Gasteiger charge is -2.06. The van der Waals surface area contributed by atoms with Crippen LogP contribution < -0.4 is 5.32 Å². The van der Waals surface area contributed by atoms with Crippen LogP contribution in [0, 0.1) is 0 Å². The van der Waals surface area contributed by atoms with Gasteiger partial charge in [0.2, 0.25) is 0 Å². The van der Waals surface area contributed by atoms with Gasteiger partial charge in [0.15, 0.2) is 0 Å². The summed E-state index contributed by atoms with van der Waals surface area (Å²) in [6, 6.07) is 19.0. The number of hydrogen-bond donors (Lipinski definition) is 1. The number of anilines is 1. The molecule has 106 valence electrons. The molecule has 0 amide bonds. The number of benzene rings is 2. The average molecular weight is 294 g/mol. The average Bonchev–Trinajstić information content (AvgIpc) is 3.02. The fourth-order valence-corrected chi connectivity index (χ4v) is 3.00. The van der Waals surface area contributed by atoms with Crippen LogP contribution in [0.4, 0.5) is 5.69 Å². The standard InChI is InChI=1S/C18H18N2S/c1-2-18-20-13-17(21-18)12-19-16-10-8-15(9-11-16)14-6-4-3-5-7-14/h3-11,13,19H,2,12H2,1H3. The Hall–Kier alpha value is -2.13. The number of thiazole rings is 1. The Bertz CT molecular complexity index is 687. The maximum absolute atomic E-state index is 4.38. The van der Waals surface area contributed by atoms with E-state index in [9.17, 15) is 0 Å². The Morgan fingerprint density at radius 1 is 0.952 bits per heavy atom. The predicted molar refractivity (Wildman–Crippen MR) is 90.7 cm³/mol. The van der Waals surface area contributed by atoms with Gasteiger partial charge in [-0.1, -0.05) is 49.4 Å². The van der Waals surface area contributed by atoms with Crippen molar-refractivity contribution in [1.82, 2.24) is 4.98 Å². The highest BCUT2D eigenvalue weighted by molar-refractivity contribution is 7.11. The van der Waals surface area contributed by atoms with Crippen LogP contribution in [-0.2, 0) is 13.0 Å². The molecule has 3 aromatic rings. The van der Waals surface area contributed by atoms with E-state index in [1.165, 1.54) is 21.0 Å².